The second-order valence-electron chi connectivity index (χ2n) is 10.7. The monoisotopic (exact) mass is 527 g/mol. The van der Waals surface area contributed by atoms with E-state index < -0.39 is 11.4 Å². The number of methoxy groups -OCH3 is 1. The van der Waals surface area contributed by atoms with E-state index in [1.54, 1.807) is 11.1 Å². The average Bonchev–Trinajstić information content (AvgIpc) is 3.56. The SMILES string of the molecule is COc1nc(N(C)C2CCN(C(=O)OC(C)(C)C)C2)c2cnc(-c3cccc(Cl)c3C3CC3)c(F)c2n1. The first-order valence-corrected chi connectivity index (χ1v) is 12.8. The molecule has 1 saturated carbocycles. The van der Waals surface area contributed by atoms with Gasteiger partial charge in [-0.3, -0.25) is 4.98 Å². The van der Waals surface area contributed by atoms with E-state index in [0.717, 1.165) is 18.4 Å². The van der Waals surface area contributed by atoms with Gasteiger partial charge in [-0.2, -0.15) is 9.97 Å². The average molecular weight is 528 g/mol. The molecule has 3 heterocycles. The number of aromatic nitrogens is 3. The lowest BCUT2D eigenvalue weighted by atomic mass is 9.99. The van der Waals surface area contributed by atoms with Crippen LogP contribution in [0.3, 0.4) is 0 Å². The van der Waals surface area contributed by atoms with Gasteiger partial charge in [-0.25, -0.2) is 9.18 Å². The highest BCUT2D eigenvalue weighted by Gasteiger charge is 2.34. The number of hydrogen-bond acceptors (Lipinski definition) is 7. The molecule has 1 unspecified atom stereocenters. The molecular formula is C27H31ClFN5O3. The summed E-state index contributed by atoms with van der Waals surface area (Å²) in [5.74, 6) is 0.265. The number of hydrogen-bond donors (Lipinski definition) is 0. The minimum Gasteiger partial charge on any atom is -0.467 e. The third kappa shape index (κ3) is 5.01. The molecule has 0 radical (unpaired) electrons. The van der Waals surface area contributed by atoms with E-state index >= 15 is 4.39 Å². The molecule has 1 aliphatic heterocycles. The van der Waals surface area contributed by atoms with Crippen molar-refractivity contribution in [1.29, 1.82) is 0 Å². The Labute approximate surface area is 220 Å². The summed E-state index contributed by atoms with van der Waals surface area (Å²) in [5, 5.41) is 1.09. The number of rotatable bonds is 5. The second kappa shape index (κ2) is 9.59. The maximum Gasteiger partial charge on any atom is 0.410 e. The van der Waals surface area contributed by atoms with Gasteiger partial charge in [0.15, 0.2) is 5.82 Å². The third-order valence-corrected chi connectivity index (χ3v) is 7.15. The largest absolute Gasteiger partial charge is 0.467 e. The summed E-state index contributed by atoms with van der Waals surface area (Å²) in [6, 6.07) is 5.50. The Balaban J connectivity index is 1.51. The zero-order valence-corrected chi connectivity index (χ0v) is 22.5. The van der Waals surface area contributed by atoms with Gasteiger partial charge >= 0.3 is 12.1 Å². The van der Waals surface area contributed by atoms with Crippen LogP contribution in [-0.2, 0) is 4.74 Å². The molecule has 3 aromatic rings. The van der Waals surface area contributed by atoms with Gasteiger partial charge in [-0.05, 0) is 57.6 Å². The minimum absolute atomic E-state index is 0.0486. The van der Waals surface area contributed by atoms with Crippen molar-refractivity contribution in [2.45, 2.75) is 57.6 Å². The van der Waals surface area contributed by atoms with Crippen LogP contribution in [0, 0.1) is 5.82 Å². The van der Waals surface area contributed by atoms with Crippen molar-refractivity contribution in [1.82, 2.24) is 19.9 Å². The molecule has 0 spiro atoms. The van der Waals surface area contributed by atoms with E-state index in [1.165, 1.54) is 7.11 Å². The molecule has 1 amide bonds. The van der Waals surface area contributed by atoms with Crippen LogP contribution in [0.1, 0.15) is 51.5 Å². The van der Waals surface area contributed by atoms with Crippen LogP contribution < -0.4 is 9.64 Å². The van der Waals surface area contributed by atoms with Crippen molar-refractivity contribution in [3.63, 3.8) is 0 Å². The van der Waals surface area contributed by atoms with E-state index in [-0.39, 0.29) is 29.4 Å². The highest BCUT2D eigenvalue weighted by Crippen LogP contribution is 2.48. The molecule has 5 rings (SSSR count). The first kappa shape index (κ1) is 25.4. The lowest BCUT2D eigenvalue weighted by Crippen LogP contribution is -2.39. The molecule has 2 aliphatic rings. The van der Waals surface area contributed by atoms with Gasteiger partial charge in [-0.15, -0.1) is 0 Å². The Hall–Kier alpha value is -3.20. The zero-order chi connectivity index (χ0) is 26.5. The first-order chi connectivity index (χ1) is 17.6. The Morgan fingerprint density at radius 2 is 1.97 bits per heavy atom. The molecule has 2 aromatic heterocycles. The highest BCUT2D eigenvalue weighted by atomic mass is 35.5. The zero-order valence-electron chi connectivity index (χ0n) is 21.7. The molecule has 1 saturated heterocycles. The number of carbonyl (C=O) groups excluding carboxylic acids is 1. The van der Waals surface area contributed by atoms with Crippen LogP contribution in [0.15, 0.2) is 24.4 Å². The maximum absolute atomic E-state index is 16.1. The molecule has 1 aliphatic carbocycles. The number of pyridine rings is 1. The Morgan fingerprint density at radius 3 is 2.65 bits per heavy atom. The quantitative estimate of drug-likeness (QED) is 0.414. The highest BCUT2D eigenvalue weighted by molar-refractivity contribution is 6.31. The topological polar surface area (TPSA) is 80.7 Å². The number of halogens is 2. The fraction of sp³-hybridized carbons (Fsp3) is 0.481. The lowest BCUT2D eigenvalue weighted by Gasteiger charge is -2.28. The van der Waals surface area contributed by atoms with Gasteiger partial charge < -0.3 is 19.3 Å². The molecule has 0 N–H and O–H groups in total. The number of amides is 1. The lowest BCUT2D eigenvalue weighted by molar-refractivity contribution is 0.0292. The van der Waals surface area contributed by atoms with Crippen LogP contribution in [-0.4, -0.2) is 64.8 Å². The third-order valence-electron chi connectivity index (χ3n) is 6.82. The van der Waals surface area contributed by atoms with Gasteiger partial charge in [-0.1, -0.05) is 23.7 Å². The molecule has 2 fully saturated rings. The molecule has 196 valence electrons. The number of fused-ring (bicyclic) bond motifs is 1. The van der Waals surface area contributed by atoms with E-state index in [9.17, 15) is 4.79 Å². The molecule has 1 aromatic carbocycles. The van der Waals surface area contributed by atoms with Crippen molar-refractivity contribution in [2.75, 3.05) is 32.1 Å². The molecule has 1 atom stereocenters. The Kier molecular flexibility index (Phi) is 6.60. The number of likely N-dealkylation sites (N-methyl/N-ethyl adjacent to an activating group) is 1. The van der Waals surface area contributed by atoms with Crippen LogP contribution in [0.4, 0.5) is 15.0 Å². The standard InChI is InChI=1S/C27H31ClFN5O3/c1-27(2,3)37-26(35)34-12-11-16(14-34)33(4)24-18-13-30-22(21(29)23(18)31-25(32-24)36-5)17-7-6-8-19(28)20(17)15-9-10-15/h6-8,13,15-16H,9-12,14H2,1-5H3. The summed E-state index contributed by atoms with van der Waals surface area (Å²) in [5.41, 5.74) is 1.39. The van der Waals surface area contributed by atoms with Crippen LogP contribution >= 0.6 is 11.6 Å². The maximum atomic E-state index is 16.1. The van der Waals surface area contributed by atoms with Crippen molar-refractivity contribution in [3.05, 3.63) is 40.8 Å². The van der Waals surface area contributed by atoms with Gasteiger partial charge in [0.1, 0.15) is 22.6 Å². The minimum atomic E-state index is -0.569. The summed E-state index contributed by atoms with van der Waals surface area (Å²) in [7, 11) is 3.32. The van der Waals surface area contributed by atoms with E-state index in [0.29, 0.717) is 47.2 Å². The summed E-state index contributed by atoms with van der Waals surface area (Å²) in [6.45, 7) is 6.55. The fourth-order valence-corrected chi connectivity index (χ4v) is 5.15. The fourth-order valence-electron chi connectivity index (χ4n) is 4.82. The second-order valence-corrected chi connectivity index (χ2v) is 11.1. The first-order valence-electron chi connectivity index (χ1n) is 12.5. The van der Waals surface area contributed by atoms with Crippen LogP contribution in [0.25, 0.3) is 22.2 Å². The van der Waals surface area contributed by atoms with Gasteiger partial charge in [0.05, 0.1) is 12.5 Å². The molecule has 10 heteroatoms. The summed E-state index contributed by atoms with van der Waals surface area (Å²) in [4.78, 5) is 29.6. The Morgan fingerprint density at radius 1 is 1.22 bits per heavy atom. The van der Waals surface area contributed by atoms with Gasteiger partial charge in [0, 0.05) is 43.0 Å². The number of carbonyl (C=O) groups is 1. The Bertz CT molecular complexity index is 1360. The summed E-state index contributed by atoms with van der Waals surface area (Å²) >= 11 is 6.50. The molecule has 8 nitrogen and oxygen atoms in total. The number of nitrogens with zero attached hydrogens (tertiary/aromatic N) is 5. The van der Waals surface area contributed by atoms with E-state index in [4.69, 9.17) is 21.1 Å². The molecular weight excluding hydrogens is 497 g/mol. The predicted octanol–water partition coefficient (Wildman–Crippen LogP) is 5.82. The van der Waals surface area contributed by atoms with Crippen LogP contribution in [0.2, 0.25) is 5.02 Å². The van der Waals surface area contributed by atoms with Gasteiger partial charge in [0.2, 0.25) is 0 Å². The van der Waals surface area contributed by atoms with E-state index in [1.807, 2.05) is 50.9 Å². The van der Waals surface area contributed by atoms with Crippen molar-refractivity contribution < 1.29 is 18.7 Å². The van der Waals surface area contributed by atoms with Crippen molar-refractivity contribution >= 4 is 34.4 Å². The summed E-state index contributed by atoms with van der Waals surface area (Å²) in [6.07, 6.45) is 4.03. The van der Waals surface area contributed by atoms with Crippen LogP contribution in [0.5, 0.6) is 6.01 Å². The number of anilines is 1. The normalized spacial score (nSPS) is 17.8. The molecule has 37 heavy (non-hydrogen) atoms. The smallest absolute Gasteiger partial charge is 0.410 e. The number of ether oxygens (including phenoxy) is 2. The van der Waals surface area contributed by atoms with Gasteiger partial charge in [0.25, 0.3) is 0 Å². The predicted molar refractivity (Wildman–Crippen MR) is 141 cm³/mol. The van der Waals surface area contributed by atoms with Crippen molar-refractivity contribution in [2.24, 2.45) is 0 Å². The number of likely N-dealkylation sites (tertiary alicyclic amines) is 1. The summed E-state index contributed by atoms with van der Waals surface area (Å²) < 4.78 is 26.9. The molecule has 0 bridgehead atoms. The number of benzene rings is 1. The van der Waals surface area contributed by atoms with E-state index in [2.05, 4.69) is 15.0 Å². The van der Waals surface area contributed by atoms with Crippen molar-refractivity contribution in [3.8, 4) is 17.3 Å².